The fraction of sp³-hybridized carbons (Fsp3) is 0.733. The second kappa shape index (κ2) is 6.17. The number of aromatic nitrogens is 2. The van der Waals surface area contributed by atoms with Gasteiger partial charge in [0.05, 0.1) is 0 Å². The van der Waals surface area contributed by atoms with Crippen molar-refractivity contribution in [2.75, 3.05) is 5.32 Å². The molecule has 1 aromatic heterocycles. The quantitative estimate of drug-likeness (QED) is 0.874. The maximum absolute atomic E-state index is 4.33. The molecule has 0 saturated heterocycles. The zero-order chi connectivity index (χ0) is 13.0. The summed E-state index contributed by atoms with van der Waals surface area (Å²) in [5.41, 5.74) is 1.11. The summed E-state index contributed by atoms with van der Waals surface area (Å²) in [5, 5.41) is 3.56. The summed E-state index contributed by atoms with van der Waals surface area (Å²) < 4.78 is 0. The first-order valence-electron chi connectivity index (χ1n) is 7.25. The van der Waals surface area contributed by atoms with E-state index in [9.17, 15) is 0 Å². The van der Waals surface area contributed by atoms with Crippen LogP contribution >= 0.6 is 0 Å². The van der Waals surface area contributed by atoms with Crippen LogP contribution in [0.4, 0.5) is 5.82 Å². The molecule has 1 aromatic rings. The molecular weight excluding hydrogens is 222 g/mol. The summed E-state index contributed by atoms with van der Waals surface area (Å²) in [6.45, 7) is 6.61. The highest BCUT2D eigenvalue weighted by Gasteiger charge is 2.20. The molecule has 1 unspecified atom stereocenters. The lowest BCUT2D eigenvalue weighted by Gasteiger charge is -2.28. The number of nitrogens with zero attached hydrogens (tertiary/aromatic N) is 2. The molecular formula is C15H25N3. The van der Waals surface area contributed by atoms with Gasteiger partial charge in [-0.15, -0.1) is 0 Å². The van der Waals surface area contributed by atoms with Gasteiger partial charge in [-0.25, -0.2) is 9.97 Å². The monoisotopic (exact) mass is 247 g/mol. The zero-order valence-corrected chi connectivity index (χ0v) is 11.8. The third-order valence-corrected chi connectivity index (χ3v) is 4.01. The first-order chi connectivity index (χ1) is 8.66. The number of nitrogens with one attached hydrogen (secondary N) is 1. The molecule has 0 radical (unpaired) electrons. The number of hydrogen-bond donors (Lipinski definition) is 1. The molecule has 1 N–H and O–H groups in total. The van der Waals surface area contributed by atoms with Crippen molar-refractivity contribution >= 4 is 5.82 Å². The molecule has 100 valence electrons. The second-order valence-electron chi connectivity index (χ2n) is 5.81. The fourth-order valence-electron chi connectivity index (χ4n) is 2.75. The lowest BCUT2D eigenvalue weighted by atomic mass is 9.84. The van der Waals surface area contributed by atoms with E-state index in [1.165, 1.54) is 32.1 Å². The molecule has 3 nitrogen and oxygen atoms in total. The lowest BCUT2D eigenvalue weighted by molar-refractivity contribution is 0.328. The molecule has 0 aromatic carbocycles. The summed E-state index contributed by atoms with van der Waals surface area (Å²) in [5.74, 6) is 2.24. The van der Waals surface area contributed by atoms with Crippen LogP contribution in [0.15, 0.2) is 12.4 Å². The Morgan fingerprint density at radius 1 is 1.11 bits per heavy atom. The molecule has 0 aliphatic heterocycles. The summed E-state index contributed by atoms with van der Waals surface area (Å²) in [7, 11) is 0. The molecule has 3 heteroatoms. The molecule has 18 heavy (non-hydrogen) atoms. The Balaban J connectivity index is 1.97. The molecule has 0 amide bonds. The van der Waals surface area contributed by atoms with Crippen molar-refractivity contribution in [3.05, 3.63) is 18.1 Å². The largest absolute Gasteiger partial charge is 0.367 e. The Morgan fingerprint density at radius 3 is 2.50 bits per heavy atom. The normalized spacial score (nSPS) is 18.9. The molecule has 0 bridgehead atoms. The highest BCUT2D eigenvalue weighted by molar-refractivity contribution is 5.36. The molecule has 1 aliphatic carbocycles. The van der Waals surface area contributed by atoms with Crippen molar-refractivity contribution in [3.63, 3.8) is 0 Å². The van der Waals surface area contributed by atoms with E-state index < -0.39 is 0 Å². The topological polar surface area (TPSA) is 37.8 Å². The van der Waals surface area contributed by atoms with Crippen LogP contribution < -0.4 is 5.32 Å². The van der Waals surface area contributed by atoms with Crippen LogP contribution in [0.3, 0.4) is 0 Å². The Labute approximate surface area is 110 Å². The third kappa shape index (κ3) is 3.44. The van der Waals surface area contributed by atoms with Crippen LogP contribution in [0.25, 0.3) is 0 Å². The van der Waals surface area contributed by atoms with Gasteiger partial charge in [0.1, 0.15) is 12.1 Å². The van der Waals surface area contributed by atoms with Crippen LogP contribution in [0.5, 0.6) is 0 Å². The van der Waals surface area contributed by atoms with Gasteiger partial charge in [-0.2, -0.15) is 0 Å². The maximum atomic E-state index is 4.33. The van der Waals surface area contributed by atoms with E-state index in [0.29, 0.717) is 12.0 Å². The van der Waals surface area contributed by atoms with E-state index >= 15 is 0 Å². The predicted molar refractivity (Wildman–Crippen MR) is 75.8 cm³/mol. The van der Waals surface area contributed by atoms with Gasteiger partial charge in [-0.1, -0.05) is 33.1 Å². The molecule has 1 atom stereocenters. The van der Waals surface area contributed by atoms with Gasteiger partial charge in [0.25, 0.3) is 0 Å². The van der Waals surface area contributed by atoms with Crippen LogP contribution in [-0.2, 0) is 0 Å². The van der Waals surface area contributed by atoms with Crippen LogP contribution in [0.2, 0.25) is 0 Å². The minimum Gasteiger partial charge on any atom is -0.367 e. The van der Waals surface area contributed by atoms with Crippen LogP contribution in [0.1, 0.15) is 64.5 Å². The number of rotatable bonds is 4. The molecule has 1 heterocycles. The Kier molecular flexibility index (Phi) is 4.56. The summed E-state index contributed by atoms with van der Waals surface area (Å²) in [6.07, 6.45) is 8.57. The van der Waals surface area contributed by atoms with Gasteiger partial charge < -0.3 is 5.32 Å². The van der Waals surface area contributed by atoms with E-state index in [2.05, 4.69) is 42.1 Å². The number of hydrogen-bond acceptors (Lipinski definition) is 3. The van der Waals surface area contributed by atoms with Crippen molar-refractivity contribution < 1.29 is 0 Å². The van der Waals surface area contributed by atoms with Crippen LogP contribution in [0, 0.1) is 5.92 Å². The first-order valence-corrected chi connectivity index (χ1v) is 7.25. The maximum Gasteiger partial charge on any atom is 0.129 e. The molecule has 1 saturated carbocycles. The van der Waals surface area contributed by atoms with Crippen molar-refractivity contribution in [2.24, 2.45) is 5.92 Å². The summed E-state index contributed by atoms with van der Waals surface area (Å²) >= 11 is 0. The van der Waals surface area contributed by atoms with E-state index in [1.807, 2.05) is 0 Å². The molecule has 2 rings (SSSR count). The van der Waals surface area contributed by atoms with Gasteiger partial charge in [-0.3, -0.25) is 0 Å². The number of anilines is 1. The van der Waals surface area contributed by atoms with Gasteiger partial charge in [0.2, 0.25) is 0 Å². The average molecular weight is 247 g/mol. The van der Waals surface area contributed by atoms with Crippen molar-refractivity contribution in [1.29, 1.82) is 0 Å². The lowest BCUT2D eigenvalue weighted by Crippen LogP contribution is -2.28. The van der Waals surface area contributed by atoms with Crippen molar-refractivity contribution in [1.82, 2.24) is 9.97 Å². The Morgan fingerprint density at radius 2 is 1.83 bits per heavy atom. The second-order valence-corrected chi connectivity index (χ2v) is 5.81. The minimum absolute atomic E-state index is 0.457. The molecule has 0 spiro atoms. The highest BCUT2D eigenvalue weighted by atomic mass is 15.0. The molecule has 1 fully saturated rings. The molecule has 1 aliphatic rings. The van der Waals surface area contributed by atoms with E-state index in [1.54, 1.807) is 6.33 Å². The highest BCUT2D eigenvalue weighted by Crippen LogP contribution is 2.27. The summed E-state index contributed by atoms with van der Waals surface area (Å²) in [4.78, 5) is 8.64. The zero-order valence-electron chi connectivity index (χ0n) is 11.8. The standard InChI is InChI=1S/C15H25N3/c1-11(2)14-9-15(17-10-16-14)18-12(3)13-7-5-4-6-8-13/h9-13H,4-8H2,1-3H3,(H,16,17,18). The smallest absolute Gasteiger partial charge is 0.129 e. The van der Waals surface area contributed by atoms with E-state index in [-0.39, 0.29) is 0 Å². The van der Waals surface area contributed by atoms with Crippen molar-refractivity contribution in [3.8, 4) is 0 Å². The Bertz CT molecular complexity index is 370. The first kappa shape index (κ1) is 13.3. The Hall–Kier alpha value is -1.12. The SMILES string of the molecule is CC(C)c1cc(NC(C)C2CCCCC2)ncn1. The predicted octanol–water partition coefficient (Wildman–Crippen LogP) is 3.98. The van der Waals surface area contributed by atoms with Crippen molar-refractivity contribution in [2.45, 2.75) is 64.8 Å². The summed E-state index contributed by atoms with van der Waals surface area (Å²) in [6, 6.07) is 2.60. The van der Waals surface area contributed by atoms with Gasteiger partial charge >= 0.3 is 0 Å². The fourth-order valence-corrected chi connectivity index (χ4v) is 2.75. The van der Waals surface area contributed by atoms with Crippen LogP contribution in [-0.4, -0.2) is 16.0 Å². The third-order valence-electron chi connectivity index (χ3n) is 4.01. The van der Waals surface area contributed by atoms with E-state index in [4.69, 9.17) is 0 Å². The van der Waals surface area contributed by atoms with Gasteiger partial charge in [0.15, 0.2) is 0 Å². The minimum atomic E-state index is 0.457. The van der Waals surface area contributed by atoms with Gasteiger partial charge in [-0.05, 0) is 31.6 Å². The average Bonchev–Trinajstić information content (AvgIpc) is 2.40. The van der Waals surface area contributed by atoms with Gasteiger partial charge in [0, 0.05) is 17.8 Å². The van der Waals surface area contributed by atoms with E-state index in [0.717, 1.165) is 17.4 Å².